The van der Waals surface area contributed by atoms with Gasteiger partial charge in [0.1, 0.15) is 5.60 Å². The highest BCUT2D eigenvalue weighted by Crippen LogP contribution is 2.09. The quantitative estimate of drug-likeness (QED) is 0.517. The number of aliphatic carboxylic acids is 1. The minimum atomic E-state index is -0.981. The van der Waals surface area contributed by atoms with Crippen molar-refractivity contribution in [2.45, 2.75) is 26.4 Å². The predicted octanol–water partition coefficient (Wildman–Crippen LogP) is 2.83. The number of hydrogen-bond acceptors (Lipinski definition) is 4. The van der Waals surface area contributed by atoms with Crippen LogP contribution in [0.4, 0.5) is 0 Å². The summed E-state index contributed by atoms with van der Waals surface area (Å²) in [5.74, 6) is -1.45. The molecule has 104 valence electrons. The maximum absolute atomic E-state index is 11.3. The average Bonchev–Trinajstić information content (AvgIpc) is 2.37. The lowest BCUT2D eigenvalue weighted by atomic mass is 10.2. The number of rotatable bonds is 3. The first kappa shape index (κ1) is 16.9. The van der Waals surface area contributed by atoms with Gasteiger partial charge in [-0.3, -0.25) is 4.89 Å². The second-order valence-corrected chi connectivity index (χ2v) is 4.47. The molecule has 0 saturated carbocycles. The second-order valence-electron chi connectivity index (χ2n) is 4.47. The molecular weight excluding hydrogens is 248 g/mol. The van der Waals surface area contributed by atoms with E-state index in [-0.39, 0.29) is 0 Å². The molecule has 0 aliphatic heterocycles. The van der Waals surface area contributed by atoms with Gasteiger partial charge in [-0.1, -0.05) is 24.8 Å². The molecule has 1 aromatic rings. The van der Waals surface area contributed by atoms with E-state index in [0.29, 0.717) is 5.56 Å². The normalized spacial score (nSPS) is 9.84. The molecule has 5 nitrogen and oxygen atoms in total. The summed E-state index contributed by atoms with van der Waals surface area (Å²) in [5.41, 5.74) is 0.00140. The van der Waals surface area contributed by atoms with Crippen molar-refractivity contribution in [1.29, 1.82) is 0 Å². The molecular formula is C14H18O5. The Bertz CT molecular complexity index is 417. The minimum Gasteiger partial charge on any atom is -0.478 e. The first-order valence-electron chi connectivity index (χ1n) is 5.56. The highest BCUT2D eigenvalue weighted by molar-refractivity contribution is 5.88. The molecule has 0 spiro atoms. The predicted molar refractivity (Wildman–Crippen MR) is 70.5 cm³/mol. The van der Waals surface area contributed by atoms with Crippen molar-refractivity contribution < 1.29 is 24.5 Å². The molecule has 0 unspecified atom stereocenters. The van der Waals surface area contributed by atoms with E-state index < -0.39 is 17.5 Å². The minimum absolute atomic E-state index is 0.472. The Kier molecular flexibility index (Phi) is 7.14. The zero-order valence-corrected chi connectivity index (χ0v) is 11.3. The van der Waals surface area contributed by atoms with E-state index in [1.807, 2.05) is 26.8 Å². The van der Waals surface area contributed by atoms with Crippen molar-refractivity contribution in [2.24, 2.45) is 0 Å². The maximum atomic E-state index is 11.3. The van der Waals surface area contributed by atoms with Crippen LogP contribution in [-0.4, -0.2) is 22.6 Å². The maximum Gasteiger partial charge on any atom is 0.373 e. The molecule has 0 aromatic heterocycles. The van der Waals surface area contributed by atoms with E-state index in [2.05, 4.69) is 11.5 Å². The summed E-state index contributed by atoms with van der Waals surface area (Å²) in [6, 6.07) is 8.73. The van der Waals surface area contributed by atoms with Crippen molar-refractivity contribution in [3.05, 3.63) is 48.6 Å². The highest BCUT2D eigenvalue weighted by atomic mass is 17.2. The number of carboxylic acids is 1. The summed E-state index contributed by atoms with van der Waals surface area (Å²) in [6.07, 6.45) is 0.833. The van der Waals surface area contributed by atoms with Crippen molar-refractivity contribution in [3.63, 3.8) is 0 Å². The SMILES string of the molecule is C=CC(=O)O.CC(C)(C)OOC(=O)c1ccccc1. The number of hydrogen-bond donors (Lipinski definition) is 1. The Morgan fingerprint density at radius 3 is 2.05 bits per heavy atom. The van der Waals surface area contributed by atoms with Crippen molar-refractivity contribution in [2.75, 3.05) is 0 Å². The van der Waals surface area contributed by atoms with Gasteiger partial charge >= 0.3 is 11.9 Å². The standard InChI is InChI=1S/C11H14O3.C3H4O2/c1-11(2,3)14-13-10(12)9-7-5-4-6-8-9;1-2-3(4)5/h4-8H,1-3H3;2H,1H2,(H,4,5). The molecule has 0 heterocycles. The van der Waals surface area contributed by atoms with Crippen LogP contribution in [-0.2, 0) is 14.6 Å². The van der Waals surface area contributed by atoms with Crippen molar-refractivity contribution in [1.82, 2.24) is 0 Å². The number of carbonyl (C=O) groups excluding carboxylic acids is 1. The van der Waals surface area contributed by atoms with Crippen LogP contribution in [0.1, 0.15) is 31.1 Å². The van der Waals surface area contributed by atoms with Crippen LogP contribution in [0.25, 0.3) is 0 Å². The van der Waals surface area contributed by atoms with E-state index in [0.717, 1.165) is 6.08 Å². The van der Waals surface area contributed by atoms with Gasteiger partial charge in [-0.15, -0.1) is 0 Å². The molecule has 0 atom stereocenters. The lowest BCUT2D eigenvalue weighted by Gasteiger charge is -2.16. The third-order valence-electron chi connectivity index (χ3n) is 1.55. The van der Waals surface area contributed by atoms with Gasteiger partial charge < -0.3 is 5.11 Å². The average molecular weight is 266 g/mol. The molecule has 0 saturated heterocycles. The van der Waals surface area contributed by atoms with Crippen molar-refractivity contribution in [3.8, 4) is 0 Å². The summed E-state index contributed by atoms with van der Waals surface area (Å²) < 4.78 is 0. The fourth-order valence-electron chi connectivity index (χ4n) is 0.785. The zero-order valence-electron chi connectivity index (χ0n) is 11.3. The molecule has 19 heavy (non-hydrogen) atoms. The number of carbonyl (C=O) groups is 2. The van der Waals surface area contributed by atoms with Gasteiger partial charge in [0, 0.05) is 6.08 Å². The summed E-state index contributed by atoms with van der Waals surface area (Å²) in [5, 5.41) is 7.60. The monoisotopic (exact) mass is 266 g/mol. The number of benzene rings is 1. The van der Waals surface area contributed by atoms with Crippen LogP contribution in [0.2, 0.25) is 0 Å². The lowest BCUT2D eigenvalue weighted by molar-refractivity contribution is -0.301. The van der Waals surface area contributed by atoms with Crippen LogP contribution in [0.15, 0.2) is 43.0 Å². The second kappa shape index (κ2) is 8.05. The molecule has 0 aliphatic carbocycles. The topological polar surface area (TPSA) is 72.8 Å². The Balaban J connectivity index is 0.000000555. The molecule has 0 radical (unpaired) electrons. The van der Waals surface area contributed by atoms with E-state index in [1.54, 1.807) is 24.3 Å². The fourth-order valence-corrected chi connectivity index (χ4v) is 0.785. The summed E-state index contributed by atoms with van der Waals surface area (Å²) in [4.78, 5) is 30.1. The van der Waals surface area contributed by atoms with E-state index in [1.165, 1.54) is 0 Å². The molecule has 0 fully saturated rings. The van der Waals surface area contributed by atoms with Crippen LogP contribution in [0, 0.1) is 0 Å². The Hall–Kier alpha value is -2.14. The Labute approximate surface area is 112 Å². The molecule has 0 amide bonds. The third-order valence-corrected chi connectivity index (χ3v) is 1.55. The van der Waals surface area contributed by atoms with Gasteiger partial charge in [-0.2, -0.15) is 4.89 Å². The number of carboxylic acid groups (broad SMARTS) is 1. The van der Waals surface area contributed by atoms with Gasteiger partial charge in [0.05, 0.1) is 5.56 Å². The van der Waals surface area contributed by atoms with E-state index in [4.69, 9.17) is 9.99 Å². The van der Waals surface area contributed by atoms with Crippen molar-refractivity contribution >= 4 is 11.9 Å². The highest BCUT2D eigenvalue weighted by Gasteiger charge is 2.15. The Morgan fingerprint density at radius 2 is 1.68 bits per heavy atom. The third kappa shape index (κ3) is 9.55. The first-order chi connectivity index (χ1) is 8.76. The summed E-state index contributed by atoms with van der Waals surface area (Å²) in [6.45, 7) is 8.39. The molecule has 1 rings (SSSR count). The van der Waals surface area contributed by atoms with Crippen LogP contribution in [0.5, 0.6) is 0 Å². The van der Waals surface area contributed by atoms with Crippen LogP contribution in [0.3, 0.4) is 0 Å². The molecule has 1 N–H and O–H groups in total. The van der Waals surface area contributed by atoms with Gasteiger partial charge in [-0.25, -0.2) is 9.59 Å². The summed E-state index contributed by atoms with van der Waals surface area (Å²) in [7, 11) is 0. The van der Waals surface area contributed by atoms with Crippen LogP contribution >= 0.6 is 0 Å². The van der Waals surface area contributed by atoms with E-state index in [9.17, 15) is 9.59 Å². The zero-order chi connectivity index (χ0) is 14.9. The van der Waals surface area contributed by atoms with Gasteiger partial charge in [-0.05, 0) is 32.9 Å². The van der Waals surface area contributed by atoms with Gasteiger partial charge in [0.2, 0.25) is 0 Å². The largest absolute Gasteiger partial charge is 0.478 e. The fraction of sp³-hybridized carbons (Fsp3) is 0.286. The molecule has 0 bridgehead atoms. The molecule has 5 heteroatoms. The van der Waals surface area contributed by atoms with Gasteiger partial charge in [0.15, 0.2) is 0 Å². The molecule has 0 aliphatic rings. The lowest BCUT2D eigenvalue weighted by Crippen LogP contribution is -2.21. The smallest absolute Gasteiger partial charge is 0.373 e. The Morgan fingerprint density at radius 1 is 1.21 bits per heavy atom. The van der Waals surface area contributed by atoms with E-state index >= 15 is 0 Å². The summed E-state index contributed by atoms with van der Waals surface area (Å²) >= 11 is 0. The van der Waals surface area contributed by atoms with Gasteiger partial charge in [0.25, 0.3) is 0 Å². The first-order valence-corrected chi connectivity index (χ1v) is 5.56. The van der Waals surface area contributed by atoms with Crippen LogP contribution < -0.4 is 0 Å². The molecule has 1 aromatic carbocycles.